The summed E-state index contributed by atoms with van der Waals surface area (Å²) < 4.78 is 1.86. The summed E-state index contributed by atoms with van der Waals surface area (Å²) in [5.41, 5.74) is 3.80. The first kappa shape index (κ1) is 14.6. The van der Waals surface area contributed by atoms with Gasteiger partial charge in [0.05, 0.1) is 0 Å². The second kappa shape index (κ2) is 5.79. The molecule has 1 aromatic heterocycles. The zero-order chi connectivity index (χ0) is 15.7. The van der Waals surface area contributed by atoms with Crippen molar-refractivity contribution in [3.8, 4) is 0 Å². The number of carbonyl (C=O) groups is 2. The Balaban J connectivity index is 1.83. The van der Waals surface area contributed by atoms with Crippen molar-refractivity contribution in [2.24, 2.45) is 0 Å². The van der Waals surface area contributed by atoms with Gasteiger partial charge in [-0.2, -0.15) is 0 Å². The molecule has 0 aliphatic carbocycles. The average molecular weight is 296 g/mol. The molecule has 1 aromatic carbocycles. The van der Waals surface area contributed by atoms with Crippen LogP contribution in [0.3, 0.4) is 0 Å². The molecule has 0 atom stereocenters. The van der Waals surface area contributed by atoms with Crippen LogP contribution in [-0.2, 0) is 17.8 Å². The third kappa shape index (κ3) is 2.56. The Hall–Kier alpha value is -2.36. The van der Waals surface area contributed by atoms with Crippen LogP contribution >= 0.6 is 0 Å². The van der Waals surface area contributed by atoms with Gasteiger partial charge in [-0.05, 0) is 44.4 Å². The molecule has 1 aliphatic heterocycles. The number of carbonyl (C=O) groups excluding carboxylic acids is 2. The molecule has 0 fully saturated rings. The lowest BCUT2D eigenvalue weighted by Crippen LogP contribution is -2.37. The van der Waals surface area contributed by atoms with Crippen molar-refractivity contribution in [3.05, 3.63) is 53.3 Å². The molecule has 114 valence electrons. The van der Waals surface area contributed by atoms with Crippen molar-refractivity contribution in [1.82, 2.24) is 4.57 Å². The summed E-state index contributed by atoms with van der Waals surface area (Å²) in [5.74, 6) is 0.105. The van der Waals surface area contributed by atoms with Crippen LogP contribution in [0.25, 0.3) is 0 Å². The van der Waals surface area contributed by atoms with Gasteiger partial charge in [0, 0.05) is 29.7 Å². The van der Waals surface area contributed by atoms with Gasteiger partial charge in [0.2, 0.25) is 5.91 Å². The normalized spacial score (nSPS) is 13.8. The van der Waals surface area contributed by atoms with E-state index in [4.69, 9.17) is 0 Å². The van der Waals surface area contributed by atoms with E-state index < -0.39 is 0 Å². The van der Waals surface area contributed by atoms with Crippen molar-refractivity contribution in [2.45, 2.75) is 33.2 Å². The maximum atomic E-state index is 12.7. The molecular weight excluding hydrogens is 276 g/mol. The largest absolute Gasteiger partial charge is 0.342 e. The van der Waals surface area contributed by atoms with Crippen molar-refractivity contribution >= 4 is 17.4 Å². The predicted octanol–water partition coefficient (Wildman–Crippen LogP) is 2.98. The summed E-state index contributed by atoms with van der Waals surface area (Å²) in [4.78, 5) is 26.1. The first-order chi connectivity index (χ1) is 10.6. The average Bonchev–Trinajstić information content (AvgIpc) is 2.88. The van der Waals surface area contributed by atoms with Crippen molar-refractivity contribution in [2.75, 3.05) is 11.4 Å². The number of Topliss-reactive ketones (excluding diaryl/α,β-unsaturated/α-hetero) is 1. The van der Waals surface area contributed by atoms with E-state index in [9.17, 15) is 9.59 Å². The smallest absolute Gasteiger partial charge is 0.246 e. The Morgan fingerprint density at radius 3 is 2.68 bits per heavy atom. The Labute approximate surface area is 130 Å². The molecule has 0 saturated heterocycles. The summed E-state index contributed by atoms with van der Waals surface area (Å²) in [6.45, 7) is 4.46. The van der Waals surface area contributed by atoms with Crippen LogP contribution < -0.4 is 4.90 Å². The molecule has 1 amide bonds. The number of para-hydroxylation sites is 1. The van der Waals surface area contributed by atoms with Crippen LogP contribution in [0.2, 0.25) is 0 Å². The van der Waals surface area contributed by atoms with E-state index >= 15 is 0 Å². The van der Waals surface area contributed by atoms with Crippen LogP contribution in [-0.4, -0.2) is 22.8 Å². The fourth-order valence-electron chi connectivity index (χ4n) is 3.12. The maximum absolute atomic E-state index is 12.7. The van der Waals surface area contributed by atoms with E-state index in [1.807, 2.05) is 40.8 Å². The fraction of sp³-hybridized carbons (Fsp3) is 0.333. The van der Waals surface area contributed by atoms with Gasteiger partial charge >= 0.3 is 0 Å². The van der Waals surface area contributed by atoms with Gasteiger partial charge in [0.25, 0.3) is 0 Å². The van der Waals surface area contributed by atoms with Crippen LogP contribution in [0.15, 0.2) is 36.5 Å². The number of benzene rings is 1. The van der Waals surface area contributed by atoms with Gasteiger partial charge < -0.3 is 9.47 Å². The first-order valence-electron chi connectivity index (χ1n) is 7.63. The number of rotatable bonds is 3. The molecule has 4 nitrogen and oxygen atoms in total. The molecule has 0 spiro atoms. The number of aromatic nitrogens is 1. The molecule has 0 saturated carbocycles. The molecule has 3 rings (SSSR count). The van der Waals surface area contributed by atoms with Crippen LogP contribution in [0.5, 0.6) is 0 Å². The number of anilines is 1. The number of nitrogens with zero attached hydrogens (tertiary/aromatic N) is 2. The highest BCUT2D eigenvalue weighted by Gasteiger charge is 2.22. The molecule has 0 bridgehead atoms. The highest BCUT2D eigenvalue weighted by molar-refractivity contribution is 5.96. The molecule has 0 radical (unpaired) electrons. The van der Waals surface area contributed by atoms with E-state index in [-0.39, 0.29) is 18.2 Å². The second-order valence-corrected chi connectivity index (χ2v) is 5.78. The molecule has 1 aliphatic rings. The number of hydrogen-bond donors (Lipinski definition) is 0. The van der Waals surface area contributed by atoms with E-state index in [0.29, 0.717) is 5.56 Å². The summed E-state index contributed by atoms with van der Waals surface area (Å²) >= 11 is 0. The lowest BCUT2D eigenvalue weighted by atomic mass is 10.0. The van der Waals surface area contributed by atoms with Gasteiger partial charge in [-0.3, -0.25) is 9.59 Å². The highest BCUT2D eigenvalue weighted by atomic mass is 16.2. The third-order valence-corrected chi connectivity index (χ3v) is 4.34. The summed E-state index contributed by atoms with van der Waals surface area (Å²) in [7, 11) is 0. The number of amides is 1. The third-order valence-electron chi connectivity index (χ3n) is 4.34. The molecule has 4 heteroatoms. The van der Waals surface area contributed by atoms with Gasteiger partial charge in [-0.25, -0.2) is 0 Å². The van der Waals surface area contributed by atoms with Crippen LogP contribution in [0, 0.1) is 6.92 Å². The number of ketones is 1. The van der Waals surface area contributed by atoms with Crippen molar-refractivity contribution in [1.29, 1.82) is 0 Å². The first-order valence-corrected chi connectivity index (χ1v) is 7.63. The lowest BCUT2D eigenvalue weighted by Gasteiger charge is -2.29. The quantitative estimate of drug-likeness (QED) is 0.817. The minimum absolute atomic E-state index is 0.0343. The minimum atomic E-state index is 0.0343. The second-order valence-electron chi connectivity index (χ2n) is 5.78. The lowest BCUT2D eigenvalue weighted by molar-refractivity contribution is -0.119. The van der Waals surface area contributed by atoms with Crippen molar-refractivity contribution in [3.63, 3.8) is 0 Å². The van der Waals surface area contributed by atoms with Crippen LogP contribution in [0.4, 0.5) is 5.69 Å². The molecule has 2 heterocycles. The fourth-order valence-corrected chi connectivity index (χ4v) is 3.12. The van der Waals surface area contributed by atoms with Gasteiger partial charge in [0.15, 0.2) is 5.78 Å². The summed E-state index contributed by atoms with van der Waals surface area (Å²) in [5, 5.41) is 0. The number of hydrogen-bond acceptors (Lipinski definition) is 2. The monoisotopic (exact) mass is 296 g/mol. The zero-order valence-electron chi connectivity index (χ0n) is 13.0. The number of fused-ring (bicyclic) bond motifs is 1. The van der Waals surface area contributed by atoms with E-state index in [1.165, 1.54) is 5.56 Å². The Bertz CT molecular complexity index is 730. The maximum Gasteiger partial charge on any atom is 0.246 e. The minimum Gasteiger partial charge on any atom is -0.342 e. The number of aryl methyl sites for hydroxylation is 1. The molecule has 2 aromatic rings. The van der Waals surface area contributed by atoms with E-state index in [2.05, 4.69) is 6.07 Å². The van der Waals surface area contributed by atoms with Gasteiger partial charge in [0.1, 0.15) is 6.54 Å². The SMILES string of the molecule is CC(=O)c1ccn(CC(=O)N2CCCc3ccccc32)c1C. The summed E-state index contributed by atoms with van der Waals surface area (Å²) in [6, 6.07) is 9.87. The van der Waals surface area contributed by atoms with Crippen molar-refractivity contribution < 1.29 is 9.59 Å². The Morgan fingerprint density at radius 1 is 1.18 bits per heavy atom. The highest BCUT2D eigenvalue weighted by Crippen LogP contribution is 2.27. The Kier molecular flexibility index (Phi) is 3.84. The molecule has 0 unspecified atom stereocenters. The molecule has 0 N–H and O–H groups in total. The molecule has 22 heavy (non-hydrogen) atoms. The molecular formula is C18H20N2O2. The predicted molar refractivity (Wildman–Crippen MR) is 86.3 cm³/mol. The van der Waals surface area contributed by atoms with Gasteiger partial charge in [-0.1, -0.05) is 18.2 Å². The van der Waals surface area contributed by atoms with E-state index in [0.717, 1.165) is 30.8 Å². The van der Waals surface area contributed by atoms with Crippen LogP contribution in [0.1, 0.15) is 35.0 Å². The zero-order valence-corrected chi connectivity index (χ0v) is 13.0. The standard InChI is InChI=1S/C18H20N2O2/c1-13-16(14(2)21)9-11-19(13)12-18(22)20-10-5-7-15-6-3-4-8-17(15)20/h3-4,6,8-9,11H,5,7,10,12H2,1-2H3. The van der Waals surface area contributed by atoms with Gasteiger partial charge in [-0.15, -0.1) is 0 Å². The summed E-state index contributed by atoms with van der Waals surface area (Å²) in [6.07, 6.45) is 3.84. The Morgan fingerprint density at radius 2 is 1.95 bits per heavy atom. The van der Waals surface area contributed by atoms with E-state index in [1.54, 1.807) is 13.0 Å². The topological polar surface area (TPSA) is 42.3 Å².